The van der Waals surface area contributed by atoms with Crippen LogP contribution in [0.5, 0.6) is 0 Å². The van der Waals surface area contributed by atoms with Gasteiger partial charge in [-0.05, 0) is 58.4 Å². The predicted octanol–water partition coefficient (Wildman–Crippen LogP) is 3.29. The van der Waals surface area contributed by atoms with E-state index in [0.29, 0.717) is 6.42 Å². The first-order chi connectivity index (χ1) is 14.4. The van der Waals surface area contributed by atoms with Gasteiger partial charge in [-0.2, -0.15) is 0 Å². The summed E-state index contributed by atoms with van der Waals surface area (Å²) in [6.07, 6.45) is 5.07. The van der Waals surface area contributed by atoms with Gasteiger partial charge >= 0.3 is 5.97 Å². The van der Waals surface area contributed by atoms with Crippen LogP contribution in [0.15, 0.2) is 11.6 Å². The third-order valence-corrected chi connectivity index (χ3v) is 6.07. The zero-order valence-corrected chi connectivity index (χ0v) is 20.6. The Kier molecular flexibility index (Phi) is 10.7. The summed E-state index contributed by atoms with van der Waals surface area (Å²) in [7, 11) is 1.69. The number of rotatable bonds is 10. The van der Waals surface area contributed by atoms with Crippen molar-refractivity contribution in [1.29, 1.82) is 0 Å². The Morgan fingerprint density at radius 2 is 1.74 bits per heavy atom. The molecule has 1 aliphatic rings. The van der Waals surface area contributed by atoms with Gasteiger partial charge in [0, 0.05) is 18.7 Å². The summed E-state index contributed by atoms with van der Waals surface area (Å²) in [5.74, 6) is -0.997. The smallest absolute Gasteiger partial charge is 0.331 e. The summed E-state index contributed by atoms with van der Waals surface area (Å²) >= 11 is 0. The van der Waals surface area contributed by atoms with E-state index < -0.39 is 12.0 Å². The number of likely N-dealkylation sites (tertiary alicyclic amines) is 1. The first-order valence-electron chi connectivity index (χ1n) is 11.6. The molecule has 0 saturated carbocycles. The minimum absolute atomic E-state index is 0.0356. The van der Waals surface area contributed by atoms with Gasteiger partial charge in [0.2, 0.25) is 11.8 Å². The predicted molar refractivity (Wildman–Crippen MR) is 124 cm³/mol. The van der Waals surface area contributed by atoms with Gasteiger partial charge in [-0.15, -0.1) is 0 Å². The first kappa shape index (κ1) is 27.1. The van der Waals surface area contributed by atoms with Crippen molar-refractivity contribution >= 4 is 17.8 Å². The van der Waals surface area contributed by atoms with Gasteiger partial charge in [0.15, 0.2) is 0 Å². The molecule has 1 saturated heterocycles. The zero-order valence-electron chi connectivity index (χ0n) is 20.6. The molecule has 0 aromatic heterocycles. The van der Waals surface area contributed by atoms with Crippen LogP contribution in [0.4, 0.5) is 0 Å². The van der Waals surface area contributed by atoms with E-state index >= 15 is 0 Å². The Morgan fingerprint density at radius 3 is 2.23 bits per heavy atom. The molecule has 0 spiro atoms. The zero-order chi connectivity index (χ0) is 23.9. The molecule has 1 aliphatic heterocycles. The van der Waals surface area contributed by atoms with Crippen LogP contribution in [0.1, 0.15) is 74.1 Å². The summed E-state index contributed by atoms with van der Waals surface area (Å²) in [5.41, 5.74) is 0.206. The largest absolute Gasteiger partial charge is 0.478 e. The molecule has 0 bridgehead atoms. The fourth-order valence-corrected chi connectivity index (χ4v) is 4.29. The monoisotopic (exact) mass is 437 g/mol. The molecule has 0 radical (unpaired) electrons. The van der Waals surface area contributed by atoms with Crippen LogP contribution in [0, 0.1) is 11.8 Å². The van der Waals surface area contributed by atoms with E-state index in [-0.39, 0.29) is 47.3 Å². The number of aliphatic carboxylic acids is 1. The molecule has 3 atom stereocenters. The Morgan fingerprint density at radius 1 is 1.13 bits per heavy atom. The minimum Gasteiger partial charge on any atom is -0.478 e. The van der Waals surface area contributed by atoms with Crippen molar-refractivity contribution in [3.8, 4) is 0 Å². The number of amides is 2. The Hall–Kier alpha value is -1.89. The van der Waals surface area contributed by atoms with Gasteiger partial charge in [0.05, 0.1) is 12.1 Å². The number of carboxylic acid groups (broad SMARTS) is 1. The van der Waals surface area contributed by atoms with Crippen molar-refractivity contribution in [2.24, 2.45) is 11.8 Å². The second-order valence-corrected chi connectivity index (χ2v) is 9.87. The highest BCUT2D eigenvalue weighted by Crippen LogP contribution is 2.21. The maximum Gasteiger partial charge on any atom is 0.331 e. The number of hydrogen-bond donors (Lipinski definition) is 2. The summed E-state index contributed by atoms with van der Waals surface area (Å²) < 4.78 is 0. The Labute approximate surface area is 188 Å². The maximum absolute atomic E-state index is 13.4. The van der Waals surface area contributed by atoms with Crippen LogP contribution in [-0.4, -0.2) is 70.4 Å². The number of nitrogens with one attached hydrogen (secondary N) is 1. The van der Waals surface area contributed by atoms with Crippen LogP contribution in [-0.2, 0) is 14.4 Å². The van der Waals surface area contributed by atoms with Gasteiger partial charge in [-0.1, -0.05) is 40.2 Å². The highest BCUT2D eigenvalue weighted by molar-refractivity contribution is 5.90. The Balaban J connectivity index is 3.08. The second kappa shape index (κ2) is 12.2. The van der Waals surface area contributed by atoms with Gasteiger partial charge in [-0.3, -0.25) is 14.5 Å². The molecule has 1 rings (SSSR count). The number of nitrogens with zero attached hydrogens (tertiary/aromatic N) is 2. The van der Waals surface area contributed by atoms with Gasteiger partial charge in [-0.25, -0.2) is 4.79 Å². The average molecular weight is 438 g/mol. The number of likely N-dealkylation sites (N-methyl/N-ethyl adjacent to an activating group) is 1. The summed E-state index contributed by atoms with van der Waals surface area (Å²) in [6, 6.07) is -0.936. The van der Waals surface area contributed by atoms with Crippen LogP contribution >= 0.6 is 0 Å². The number of hydrogen-bond acceptors (Lipinski definition) is 4. The second-order valence-electron chi connectivity index (χ2n) is 9.87. The lowest BCUT2D eigenvalue weighted by Crippen LogP contribution is -2.57. The number of carbonyl (C=O) groups is 3. The van der Waals surface area contributed by atoms with Crippen molar-refractivity contribution in [2.75, 3.05) is 13.6 Å². The van der Waals surface area contributed by atoms with Crippen molar-refractivity contribution in [3.05, 3.63) is 11.6 Å². The molecule has 7 nitrogen and oxygen atoms in total. The summed E-state index contributed by atoms with van der Waals surface area (Å²) in [4.78, 5) is 41.7. The minimum atomic E-state index is -0.996. The third kappa shape index (κ3) is 7.95. The molecule has 0 aromatic carbocycles. The summed E-state index contributed by atoms with van der Waals surface area (Å²) in [6.45, 7) is 14.6. The van der Waals surface area contributed by atoms with Crippen molar-refractivity contribution in [2.45, 2.75) is 98.3 Å². The van der Waals surface area contributed by atoms with Crippen molar-refractivity contribution in [3.63, 3.8) is 0 Å². The highest BCUT2D eigenvalue weighted by atomic mass is 16.4. The fourth-order valence-electron chi connectivity index (χ4n) is 4.29. The molecule has 0 aliphatic carbocycles. The quantitative estimate of drug-likeness (QED) is 0.512. The SMILES string of the molecule is C/C(=C\[C@H](C(C)C)N(C)C(=O)C(CC(C)C)NC(=O)C1CCCCN1C(C)C)C(=O)O. The lowest BCUT2D eigenvalue weighted by atomic mass is 9.96. The van der Waals surface area contributed by atoms with E-state index in [1.165, 1.54) is 6.92 Å². The van der Waals surface area contributed by atoms with Crippen LogP contribution in [0.25, 0.3) is 0 Å². The fraction of sp³-hybridized carbons (Fsp3) is 0.792. The van der Waals surface area contributed by atoms with E-state index in [4.69, 9.17) is 0 Å². The standard InChI is InChI=1S/C24H43N3O4/c1-15(2)13-19(25-22(28)20-11-9-10-12-27(20)17(5)6)23(29)26(8)21(16(3)4)14-18(7)24(30)31/h14-17,19-21H,9-13H2,1-8H3,(H,25,28)(H,30,31)/b18-14+/t19?,20?,21-/m1/s1. The lowest BCUT2D eigenvalue weighted by molar-refractivity contribution is -0.139. The molecule has 1 heterocycles. The van der Waals surface area contributed by atoms with E-state index in [0.717, 1.165) is 25.8 Å². The molecule has 2 amide bonds. The third-order valence-electron chi connectivity index (χ3n) is 6.07. The molecule has 2 N–H and O–H groups in total. The maximum atomic E-state index is 13.4. The van der Waals surface area contributed by atoms with Gasteiger partial charge in [0.25, 0.3) is 0 Å². The van der Waals surface area contributed by atoms with Crippen molar-refractivity contribution < 1.29 is 19.5 Å². The molecule has 0 aromatic rings. The molecule has 178 valence electrons. The van der Waals surface area contributed by atoms with Gasteiger partial charge < -0.3 is 15.3 Å². The van der Waals surface area contributed by atoms with Crippen LogP contribution in [0.3, 0.4) is 0 Å². The normalized spacial score (nSPS) is 20.1. The molecular weight excluding hydrogens is 394 g/mol. The van der Waals surface area contributed by atoms with Crippen molar-refractivity contribution in [1.82, 2.24) is 15.1 Å². The topological polar surface area (TPSA) is 90.0 Å². The number of carbonyl (C=O) groups excluding carboxylic acids is 2. The molecular formula is C24H43N3O4. The lowest BCUT2D eigenvalue weighted by Gasteiger charge is -2.39. The number of piperidine rings is 1. The van der Waals surface area contributed by atoms with E-state index in [9.17, 15) is 19.5 Å². The first-order valence-corrected chi connectivity index (χ1v) is 11.6. The van der Waals surface area contributed by atoms with Crippen LogP contribution < -0.4 is 5.32 Å². The summed E-state index contributed by atoms with van der Waals surface area (Å²) in [5, 5.41) is 12.3. The average Bonchev–Trinajstić information content (AvgIpc) is 2.69. The Bertz CT molecular complexity index is 657. The van der Waals surface area contributed by atoms with E-state index in [1.807, 2.05) is 27.7 Å². The highest BCUT2D eigenvalue weighted by Gasteiger charge is 2.35. The number of carboxylic acids is 1. The van der Waals surface area contributed by atoms with E-state index in [2.05, 4.69) is 24.1 Å². The van der Waals surface area contributed by atoms with Crippen LogP contribution in [0.2, 0.25) is 0 Å². The van der Waals surface area contributed by atoms with Gasteiger partial charge in [0.1, 0.15) is 6.04 Å². The molecule has 1 fully saturated rings. The molecule has 7 heteroatoms. The molecule has 2 unspecified atom stereocenters. The molecule has 31 heavy (non-hydrogen) atoms. The van der Waals surface area contributed by atoms with E-state index in [1.54, 1.807) is 18.0 Å².